The third-order valence-corrected chi connectivity index (χ3v) is 9.01. The Morgan fingerprint density at radius 2 is 1.85 bits per heavy atom. The topological polar surface area (TPSA) is 180 Å². The Labute approximate surface area is 229 Å². The zero-order chi connectivity index (χ0) is 28.7. The summed E-state index contributed by atoms with van der Waals surface area (Å²) in [6.07, 6.45) is 2.43. The number of benzene rings is 1. The lowest BCUT2D eigenvalue weighted by atomic mass is 9.52. The zero-order valence-corrected chi connectivity index (χ0v) is 22.2. The number of ketones is 4. The quantitative estimate of drug-likeness (QED) is 0.368. The van der Waals surface area contributed by atoms with Crippen LogP contribution in [0.1, 0.15) is 40.9 Å². The maximum Gasteiger partial charge on any atom is 0.235 e. The van der Waals surface area contributed by atoms with E-state index in [2.05, 4.69) is 5.32 Å². The Kier molecular flexibility index (Phi) is 6.10. The minimum Gasteiger partial charge on any atom is -0.507 e. The molecule has 2 aromatic rings. The molecule has 6 rings (SSSR count). The van der Waals surface area contributed by atoms with Crippen LogP contribution in [-0.4, -0.2) is 75.9 Å². The molecule has 0 bridgehead atoms. The van der Waals surface area contributed by atoms with E-state index < -0.39 is 64.4 Å². The Balaban J connectivity index is 1.41. The van der Waals surface area contributed by atoms with Crippen molar-refractivity contribution >= 4 is 29.0 Å². The fourth-order valence-electron chi connectivity index (χ4n) is 6.99. The van der Waals surface area contributed by atoms with Gasteiger partial charge >= 0.3 is 0 Å². The third-order valence-electron chi connectivity index (χ3n) is 9.01. The summed E-state index contributed by atoms with van der Waals surface area (Å²) in [5, 5.41) is 25.8. The molecule has 4 aliphatic carbocycles. The van der Waals surface area contributed by atoms with Crippen LogP contribution < -0.4 is 11.1 Å². The second-order valence-electron chi connectivity index (χ2n) is 11.7. The molecule has 3 saturated carbocycles. The number of phenols is 1. The highest BCUT2D eigenvalue weighted by Crippen LogP contribution is 2.51. The molecule has 210 valence electrons. The van der Waals surface area contributed by atoms with E-state index in [1.54, 1.807) is 26.2 Å². The number of nitrogens with one attached hydrogen (secondary N) is 1. The lowest BCUT2D eigenvalue weighted by molar-refractivity contribution is -0.181. The van der Waals surface area contributed by atoms with Gasteiger partial charge in [0, 0.05) is 17.5 Å². The second kappa shape index (κ2) is 9.18. The number of carbonyl (C=O) groups is 5. The summed E-state index contributed by atoms with van der Waals surface area (Å²) in [4.78, 5) is 67.9. The van der Waals surface area contributed by atoms with Crippen LogP contribution in [0.2, 0.25) is 0 Å². The van der Waals surface area contributed by atoms with Crippen LogP contribution >= 0.6 is 0 Å². The van der Waals surface area contributed by atoms with Crippen molar-refractivity contribution in [1.82, 2.24) is 10.2 Å². The molecule has 5 N–H and O–H groups in total. The second-order valence-corrected chi connectivity index (χ2v) is 11.7. The molecule has 1 amide bonds. The average molecular weight is 550 g/mol. The van der Waals surface area contributed by atoms with Gasteiger partial charge in [0.15, 0.2) is 34.7 Å². The zero-order valence-electron chi connectivity index (χ0n) is 22.2. The summed E-state index contributed by atoms with van der Waals surface area (Å²) in [7, 11) is 3.11. The van der Waals surface area contributed by atoms with E-state index >= 15 is 0 Å². The number of likely N-dealkylation sites (N-methyl/N-ethyl adjacent to an activating group) is 1. The number of amides is 1. The van der Waals surface area contributed by atoms with Crippen molar-refractivity contribution in [3.05, 3.63) is 41.2 Å². The van der Waals surface area contributed by atoms with Crippen LogP contribution in [-0.2, 0) is 32.1 Å². The van der Waals surface area contributed by atoms with Crippen LogP contribution in [0.15, 0.2) is 28.7 Å². The number of primary amides is 1. The van der Waals surface area contributed by atoms with E-state index in [0.29, 0.717) is 29.5 Å². The molecule has 11 nitrogen and oxygen atoms in total. The molecule has 0 spiro atoms. The van der Waals surface area contributed by atoms with Gasteiger partial charge in [-0.25, -0.2) is 0 Å². The van der Waals surface area contributed by atoms with E-state index in [-0.39, 0.29) is 24.2 Å². The first kappa shape index (κ1) is 26.5. The first-order valence-corrected chi connectivity index (χ1v) is 13.5. The van der Waals surface area contributed by atoms with Gasteiger partial charge in [-0.1, -0.05) is 0 Å². The number of Topliss-reactive ketones (excluding diaryl/α,β-unsaturated/α-hetero) is 4. The van der Waals surface area contributed by atoms with Crippen LogP contribution in [0, 0.1) is 23.7 Å². The van der Waals surface area contributed by atoms with Crippen LogP contribution in [0.4, 0.5) is 0 Å². The lowest BCUT2D eigenvalue weighted by Gasteiger charge is -2.52. The SMILES string of the molecule is CN(C)C1C(=O)C(C(N)=O)C(=O)[C@@]2(O)C(=O)C3C(=O)c4c(O)ccc(-c5ccc(CNC6CC6)o5)c4C[C@H]3C[C@@H]12. The number of nitrogens with two attached hydrogens (primary N) is 1. The average Bonchev–Trinajstić information content (AvgIpc) is 3.60. The molecule has 0 saturated heterocycles. The standard InChI is InChI=1S/C29H31N3O8/c1-32(2)23-17-10-12-9-16-15(19-8-5-14(40-19)11-31-13-3-4-13)6-7-18(33)21(16)24(34)20(12)26(36)29(17,39)27(37)22(25(23)35)28(30)38/h5-8,12-13,17,20,22-23,31,33,39H,3-4,9-11H2,1-2H3,(H2,30,38)/t12-,17-,20?,22?,23?,29-/m0/s1. The van der Waals surface area contributed by atoms with Gasteiger partial charge in [0.05, 0.1) is 24.1 Å². The number of fused-ring (bicyclic) bond motifs is 3. The van der Waals surface area contributed by atoms with Crippen molar-refractivity contribution < 1.29 is 38.6 Å². The molecule has 3 unspecified atom stereocenters. The summed E-state index contributed by atoms with van der Waals surface area (Å²) in [6, 6.07) is 6.01. The fraction of sp³-hybridized carbons (Fsp3) is 0.483. The molecule has 1 heterocycles. The number of aromatic hydroxyl groups is 1. The predicted molar refractivity (Wildman–Crippen MR) is 139 cm³/mol. The minimum absolute atomic E-state index is 0.00625. The third kappa shape index (κ3) is 3.79. The molecule has 1 aromatic heterocycles. The fourth-order valence-corrected chi connectivity index (χ4v) is 6.99. The van der Waals surface area contributed by atoms with Crippen LogP contribution in [0.25, 0.3) is 11.3 Å². The Morgan fingerprint density at radius 1 is 1.12 bits per heavy atom. The number of aliphatic hydroxyl groups is 1. The van der Waals surface area contributed by atoms with Gasteiger partial charge in [-0.05, 0) is 75.5 Å². The highest BCUT2D eigenvalue weighted by molar-refractivity contribution is 6.32. The van der Waals surface area contributed by atoms with Crippen molar-refractivity contribution in [2.75, 3.05) is 14.1 Å². The molecular formula is C29H31N3O8. The maximum absolute atomic E-state index is 13.9. The highest BCUT2D eigenvalue weighted by Gasteiger charge is 2.69. The van der Waals surface area contributed by atoms with Gasteiger partial charge in [-0.3, -0.25) is 28.9 Å². The number of carbonyl (C=O) groups excluding carboxylic acids is 5. The van der Waals surface area contributed by atoms with Gasteiger partial charge in [0.1, 0.15) is 17.3 Å². The van der Waals surface area contributed by atoms with Gasteiger partial charge in [0.2, 0.25) is 5.91 Å². The van der Waals surface area contributed by atoms with E-state index in [1.807, 2.05) is 6.07 Å². The molecule has 6 atom stereocenters. The highest BCUT2D eigenvalue weighted by atomic mass is 16.3. The molecule has 0 aliphatic heterocycles. The summed E-state index contributed by atoms with van der Waals surface area (Å²) in [5.74, 6) is -9.44. The number of hydrogen-bond acceptors (Lipinski definition) is 10. The normalized spacial score (nSPS) is 31.6. The number of hydrogen-bond donors (Lipinski definition) is 4. The smallest absolute Gasteiger partial charge is 0.235 e. The Morgan fingerprint density at radius 3 is 2.50 bits per heavy atom. The monoisotopic (exact) mass is 549 g/mol. The number of furan rings is 1. The van der Waals surface area contributed by atoms with Gasteiger partial charge in [0.25, 0.3) is 0 Å². The van der Waals surface area contributed by atoms with Crippen molar-refractivity contribution in [2.24, 2.45) is 29.4 Å². The van der Waals surface area contributed by atoms with Crippen molar-refractivity contribution in [1.29, 1.82) is 0 Å². The van der Waals surface area contributed by atoms with Gasteiger partial charge in [-0.2, -0.15) is 0 Å². The molecular weight excluding hydrogens is 518 g/mol. The number of phenolic OH excluding ortho intramolecular Hbond substituents is 1. The molecule has 0 radical (unpaired) electrons. The molecule has 3 fully saturated rings. The molecule has 1 aromatic carbocycles. The largest absolute Gasteiger partial charge is 0.507 e. The van der Waals surface area contributed by atoms with E-state index in [4.69, 9.17) is 10.2 Å². The van der Waals surface area contributed by atoms with Gasteiger partial charge in [-0.15, -0.1) is 0 Å². The minimum atomic E-state index is -2.74. The Bertz CT molecular complexity index is 1470. The van der Waals surface area contributed by atoms with Crippen molar-refractivity contribution in [3.8, 4) is 17.1 Å². The van der Waals surface area contributed by atoms with Gasteiger partial charge < -0.3 is 25.7 Å². The first-order valence-electron chi connectivity index (χ1n) is 13.5. The number of nitrogens with zero attached hydrogens (tertiary/aromatic N) is 1. The summed E-state index contributed by atoms with van der Waals surface area (Å²) < 4.78 is 6.06. The molecule has 40 heavy (non-hydrogen) atoms. The van der Waals surface area contributed by atoms with E-state index in [9.17, 15) is 34.2 Å². The summed E-state index contributed by atoms with van der Waals surface area (Å²) in [6.45, 7) is 0.559. The van der Waals surface area contributed by atoms with Crippen LogP contribution in [0.3, 0.4) is 0 Å². The lowest BCUT2D eigenvalue weighted by Crippen LogP contribution is -2.74. The Hall–Kier alpha value is -3.67. The molecule has 11 heteroatoms. The van der Waals surface area contributed by atoms with Crippen molar-refractivity contribution in [2.45, 2.75) is 49.9 Å². The van der Waals surface area contributed by atoms with E-state index in [1.165, 1.54) is 11.0 Å². The maximum atomic E-state index is 13.9. The number of rotatable bonds is 6. The van der Waals surface area contributed by atoms with Crippen molar-refractivity contribution in [3.63, 3.8) is 0 Å². The summed E-state index contributed by atoms with van der Waals surface area (Å²) >= 11 is 0. The first-order chi connectivity index (χ1) is 18.9. The molecule has 4 aliphatic rings. The van der Waals surface area contributed by atoms with E-state index in [0.717, 1.165) is 18.6 Å². The van der Waals surface area contributed by atoms with Crippen LogP contribution in [0.5, 0.6) is 5.75 Å². The predicted octanol–water partition coefficient (Wildman–Crippen LogP) is 0.379. The summed E-state index contributed by atoms with van der Waals surface area (Å²) in [5.41, 5.74) is 3.66.